The minimum absolute atomic E-state index is 0.217. The summed E-state index contributed by atoms with van der Waals surface area (Å²) in [7, 11) is 1.49. The number of amides is 1. The highest BCUT2D eigenvalue weighted by Gasteiger charge is 2.32. The molecule has 0 unspecified atom stereocenters. The van der Waals surface area contributed by atoms with Gasteiger partial charge in [0, 0.05) is 38.9 Å². The van der Waals surface area contributed by atoms with E-state index in [1.165, 1.54) is 35.0 Å². The second kappa shape index (κ2) is 6.89. The molecule has 0 spiro atoms. The number of alkyl halides is 3. The lowest BCUT2D eigenvalue weighted by atomic mass is 10.1. The summed E-state index contributed by atoms with van der Waals surface area (Å²) in [5, 5.41) is 14.9. The number of carbonyl (C=O) groups excluding carboxylic acids is 1. The standard InChI is InChI=1S/C16H16F3N5O3/c1-21-10-13(24(26)27)14(20-21)15(25)23-8-6-22(7-9-23)12-4-2-11(3-5-12)16(17,18)19/h2-5,10H,6-9H2,1H3. The van der Waals surface area contributed by atoms with Crippen LogP contribution in [0, 0.1) is 10.1 Å². The molecule has 2 heterocycles. The lowest BCUT2D eigenvalue weighted by molar-refractivity contribution is -0.385. The van der Waals surface area contributed by atoms with E-state index < -0.39 is 22.6 Å². The molecule has 3 rings (SSSR count). The fourth-order valence-corrected chi connectivity index (χ4v) is 2.94. The summed E-state index contributed by atoms with van der Waals surface area (Å²) in [5.41, 5.74) is -0.667. The molecular weight excluding hydrogens is 367 g/mol. The monoisotopic (exact) mass is 383 g/mol. The average Bonchev–Trinajstić information content (AvgIpc) is 3.03. The molecule has 0 aliphatic carbocycles. The van der Waals surface area contributed by atoms with Crippen molar-refractivity contribution < 1.29 is 22.9 Å². The van der Waals surface area contributed by atoms with E-state index in [-0.39, 0.29) is 24.5 Å². The van der Waals surface area contributed by atoms with Crippen molar-refractivity contribution in [2.24, 2.45) is 7.05 Å². The Labute approximate surface area is 151 Å². The van der Waals surface area contributed by atoms with E-state index in [1.807, 2.05) is 4.90 Å². The van der Waals surface area contributed by atoms with Crippen molar-refractivity contribution in [1.82, 2.24) is 14.7 Å². The lowest BCUT2D eigenvalue weighted by Crippen LogP contribution is -2.49. The quantitative estimate of drug-likeness (QED) is 0.600. The molecule has 144 valence electrons. The number of nitrogens with zero attached hydrogens (tertiary/aromatic N) is 5. The van der Waals surface area contributed by atoms with Gasteiger partial charge in [0.15, 0.2) is 0 Å². The van der Waals surface area contributed by atoms with Crippen molar-refractivity contribution >= 4 is 17.3 Å². The Morgan fingerprint density at radius 1 is 1.15 bits per heavy atom. The van der Waals surface area contributed by atoms with E-state index in [9.17, 15) is 28.1 Å². The fraction of sp³-hybridized carbons (Fsp3) is 0.375. The molecule has 1 aromatic carbocycles. The van der Waals surface area contributed by atoms with E-state index in [4.69, 9.17) is 0 Å². The van der Waals surface area contributed by atoms with E-state index in [0.29, 0.717) is 18.8 Å². The van der Waals surface area contributed by atoms with Crippen LogP contribution in [0.4, 0.5) is 24.5 Å². The van der Waals surface area contributed by atoms with Gasteiger partial charge < -0.3 is 9.80 Å². The molecule has 0 saturated carbocycles. The van der Waals surface area contributed by atoms with Crippen LogP contribution in [-0.4, -0.2) is 51.7 Å². The van der Waals surface area contributed by atoms with Crippen LogP contribution < -0.4 is 4.90 Å². The van der Waals surface area contributed by atoms with Crippen molar-refractivity contribution in [3.63, 3.8) is 0 Å². The van der Waals surface area contributed by atoms with Crippen LogP contribution in [0.2, 0.25) is 0 Å². The van der Waals surface area contributed by atoms with E-state index in [1.54, 1.807) is 0 Å². The van der Waals surface area contributed by atoms with Crippen LogP contribution in [0.3, 0.4) is 0 Å². The number of aromatic nitrogens is 2. The van der Waals surface area contributed by atoms with Crippen molar-refractivity contribution in [3.8, 4) is 0 Å². The lowest BCUT2D eigenvalue weighted by Gasteiger charge is -2.35. The van der Waals surface area contributed by atoms with E-state index >= 15 is 0 Å². The van der Waals surface area contributed by atoms with Crippen molar-refractivity contribution in [3.05, 3.63) is 51.8 Å². The molecule has 1 aromatic heterocycles. The third-order valence-electron chi connectivity index (χ3n) is 4.34. The number of nitro groups is 1. The first-order valence-corrected chi connectivity index (χ1v) is 8.06. The maximum Gasteiger partial charge on any atom is 0.416 e. The maximum absolute atomic E-state index is 12.6. The molecule has 2 aromatic rings. The van der Waals surface area contributed by atoms with Gasteiger partial charge >= 0.3 is 11.9 Å². The maximum atomic E-state index is 12.6. The summed E-state index contributed by atoms with van der Waals surface area (Å²) in [6.07, 6.45) is -3.22. The van der Waals surface area contributed by atoms with Gasteiger partial charge in [0.05, 0.1) is 10.5 Å². The van der Waals surface area contributed by atoms with Crippen molar-refractivity contribution in [1.29, 1.82) is 0 Å². The Balaban J connectivity index is 1.67. The number of hydrogen-bond donors (Lipinski definition) is 0. The molecule has 0 radical (unpaired) electrons. The number of halogens is 3. The number of rotatable bonds is 3. The fourth-order valence-electron chi connectivity index (χ4n) is 2.94. The molecule has 1 saturated heterocycles. The Kier molecular flexibility index (Phi) is 4.77. The van der Waals surface area contributed by atoms with Crippen molar-refractivity contribution in [2.75, 3.05) is 31.1 Å². The number of carbonyl (C=O) groups is 1. The molecule has 11 heteroatoms. The van der Waals surface area contributed by atoms with Gasteiger partial charge in [-0.2, -0.15) is 18.3 Å². The van der Waals surface area contributed by atoms with Crippen LogP contribution in [0.25, 0.3) is 0 Å². The van der Waals surface area contributed by atoms with Gasteiger partial charge in [-0.3, -0.25) is 19.6 Å². The molecule has 0 bridgehead atoms. The van der Waals surface area contributed by atoms with Gasteiger partial charge in [-0.15, -0.1) is 0 Å². The first kappa shape index (κ1) is 18.7. The third kappa shape index (κ3) is 3.86. The second-order valence-electron chi connectivity index (χ2n) is 6.12. The molecule has 8 nitrogen and oxygen atoms in total. The van der Waals surface area contributed by atoms with Gasteiger partial charge in [0.2, 0.25) is 5.69 Å². The zero-order valence-electron chi connectivity index (χ0n) is 14.3. The van der Waals surface area contributed by atoms with E-state index in [0.717, 1.165) is 12.1 Å². The molecule has 1 aliphatic heterocycles. The smallest absolute Gasteiger partial charge is 0.368 e. The van der Waals surface area contributed by atoms with Crippen molar-refractivity contribution in [2.45, 2.75) is 6.18 Å². The van der Waals surface area contributed by atoms with Gasteiger partial charge in [-0.25, -0.2) is 0 Å². The molecule has 1 aliphatic rings. The number of benzene rings is 1. The summed E-state index contributed by atoms with van der Waals surface area (Å²) < 4.78 is 39.1. The van der Waals surface area contributed by atoms with Crippen LogP contribution in [0.5, 0.6) is 0 Å². The molecule has 27 heavy (non-hydrogen) atoms. The predicted octanol–water partition coefficient (Wildman–Crippen LogP) is 2.31. The minimum atomic E-state index is -4.39. The Morgan fingerprint density at radius 2 is 1.74 bits per heavy atom. The molecular formula is C16H16F3N5O3. The number of anilines is 1. The van der Waals surface area contributed by atoms with Crippen LogP contribution in [0.15, 0.2) is 30.5 Å². The van der Waals surface area contributed by atoms with Gasteiger partial charge in [-0.1, -0.05) is 0 Å². The van der Waals surface area contributed by atoms with Crippen LogP contribution in [-0.2, 0) is 13.2 Å². The SMILES string of the molecule is Cn1cc([N+](=O)[O-])c(C(=O)N2CCN(c3ccc(C(F)(F)F)cc3)CC2)n1. The normalized spacial score (nSPS) is 15.1. The zero-order valence-corrected chi connectivity index (χ0v) is 14.3. The average molecular weight is 383 g/mol. The summed E-state index contributed by atoms with van der Waals surface area (Å²) in [6, 6.07) is 4.82. The van der Waals surface area contributed by atoms with Crippen LogP contribution in [0.1, 0.15) is 16.1 Å². The Hall–Kier alpha value is -3.11. The number of hydrogen-bond acceptors (Lipinski definition) is 5. The van der Waals surface area contributed by atoms with Gasteiger partial charge in [0.25, 0.3) is 5.91 Å². The predicted molar refractivity (Wildman–Crippen MR) is 89.4 cm³/mol. The Bertz CT molecular complexity index is 855. The highest BCUT2D eigenvalue weighted by molar-refractivity contribution is 5.96. The largest absolute Gasteiger partial charge is 0.416 e. The van der Waals surface area contributed by atoms with Gasteiger partial charge in [0.1, 0.15) is 6.20 Å². The summed E-state index contributed by atoms with van der Waals surface area (Å²) in [6.45, 7) is 1.37. The molecule has 1 amide bonds. The van der Waals surface area contributed by atoms with E-state index in [2.05, 4.69) is 5.10 Å². The topological polar surface area (TPSA) is 84.5 Å². The third-order valence-corrected chi connectivity index (χ3v) is 4.34. The first-order chi connectivity index (χ1) is 12.7. The van der Waals surface area contributed by atoms with Gasteiger partial charge in [-0.05, 0) is 24.3 Å². The number of piperazine rings is 1. The highest BCUT2D eigenvalue weighted by Crippen LogP contribution is 2.30. The highest BCUT2D eigenvalue weighted by atomic mass is 19.4. The number of aryl methyl sites for hydroxylation is 1. The summed E-state index contributed by atoms with van der Waals surface area (Å²) in [5.74, 6) is -0.533. The molecule has 0 N–H and O–H groups in total. The summed E-state index contributed by atoms with van der Waals surface area (Å²) >= 11 is 0. The minimum Gasteiger partial charge on any atom is -0.368 e. The zero-order chi connectivity index (χ0) is 19.8. The Morgan fingerprint density at radius 3 is 2.26 bits per heavy atom. The molecule has 1 fully saturated rings. The van der Waals surface area contributed by atoms with Crippen LogP contribution >= 0.6 is 0 Å². The summed E-state index contributed by atoms with van der Waals surface area (Å²) in [4.78, 5) is 26.2. The first-order valence-electron chi connectivity index (χ1n) is 8.06. The molecule has 0 atom stereocenters. The second-order valence-corrected chi connectivity index (χ2v) is 6.12.